The average molecular weight is 433 g/mol. The predicted molar refractivity (Wildman–Crippen MR) is 121 cm³/mol. The molecule has 5 rings (SSSR count). The number of nitrogens with zero attached hydrogens (tertiary/aromatic N) is 4. The van der Waals surface area contributed by atoms with Gasteiger partial charge in [0.2, 0.25) is 5.95 Å². The second-order valence-corrected chi connectivity index (χ2v) is 7.83. The molecule has 2 N–H and O–H groups in total. The number of phenols is 1. The molecule has 0 aliphatic carbocycles. The number of hydrogen-bond donors (Lipinski definition) is 2. The van der Waals surface area contributed by atoms with E-state index in [1.54, 1.807) is 10.6 Å². The standard InChI is InChI=1S/C24H24FN5O2/c25-20-16-17(6-11-22(20)31)21-4-3-5-23-27-24(28-30(21)23)26-18-7-9-19(10-8-18)32-15-14-29-12-1-2-13-29/h3-11,16,31H,1-2,12-15H2,(H,26,28). The number of pyridine rings is 1. The predicted octanol–water partition coefficient (Wildman–Crippen LogP) is 4.46. The van der Waals surface area contributed by atoms with Crippen molar-refractivity contribution in [3.05, 3.63) is 66.5 Å². The van der Waals surface area contributed by atoms with E-state index in [2.05, 4.69) is 20.3 Å². The van der Waals surface area contributed by atoms with Crippen molar-refractivity contribution in [3.63, 3.8) is 0 Å². The first-order valence-electron chi connectivity index (χ1n) is 10.7. The number of likely N-dealkylation sites (tertiary alicyclic amines) is 1. The number of hydrogen-bond acceptors (Lipinski definition) is 6. The lowest BCUT2D eigenvalue weighted by molar-refractivity contribution is 0.238. The third-order valence-corrected chi connectivity index (χ3v) is 5.59. The summed E-state index contributed by atoms with van der Waals surface area (Å²) < 4.78 is 21.3. The molecular formula is C24H24FN5O2. The highest BCUT2D eigenvalue weighted by atomic mass is 19.1. The van der Waals surface area contributed by atoms with Gasteiger partial charge in [-0.25, -0.2) is 8.91 Å². The molecule has 0 unspecified atom stereocenters. The van der Waals surface area contributed by atoms with Gasteiger partial charge in [-0.3, -0.25) is 4.90 Å². The van der Waals surface area contributed by atoms with E-state index < -0.39 is 5.82 Å². The molecule has 1 saturated heterocycles. The van der Waals surface area contributed by atoms with Crippen LogP contribution in [0.2, 0.25) is 0 Å². The van der Waals surface area contributed by atoms with Crippen molar-refractivity contribution >= 4 is 17.3 Å². The van der Waals surface area contributed by atoms with Crippen LogP contribution in [0.15, 0.2) is 60.7 Å². The van der Waals surface area contributed by atoms with Gasteiger partial charge in [-0.2, -0.15) is 4.98 Å². The summed E-state index contributed by atoms with van der Waals surface area (Å²) in [5.74, 6) is 0.194. The number of benzene rings is 2. The minimum Gasteiger partial charge on any atom is -0.505 e. The fourth-order valence-corrected chi connectivity index (χ4v) is 3.91. The first-order chi connectivity index (χ1) is 15.7. The number of ether oxygens (including phenoxy) is 1. The van der Waals surface area contributed by atoms with Crippen LogP contribution in [0.3, 0.4) is 0 Å². The Hall–Kier alpha value is -3.65. The minimum atomic E-state index is -0.680. The zero-order valence-corrected chi connectivity index (χ0v) is 17.5. The second kappa shape index (κ2) is 8.84. The van der Waals surface area contributed by atoms with Crippen molar-refractivity contribution in [1.29, 1.82) is 0 Å². The molecule has 0 radical (unpaired) electrons. The molecule has 0 bridgehead atoms. The number of halogens is 1. The van der Waals surface area contributed by atoms with Crippen LogP contribution in [-0.2, 0) is 0 Å². The van der Waals surface area contributed by atoms with Gasteiger partial charge in [0.1, 0.15) is 12.4 Å². The van der Waals surface area contributed by atoms with Crippen molar-refractivity contribution in [2.75, 3.05) is 31.6 Å². The number of fused-ring (bicyclic) bond motifs is 1. The van der Waals surface area contributed by atoms with Crippen LogP contribution >= 0.6 is 0 Å². The highest BCUT2D eigenvalue weighted by Gasteiger charge is 2.12. The van der Waals surface area contributed by atoms with Crippen LogP contribution in [-0.4, -0.2) is 50.8 Å². The third kappa shape index (κ3) is 4.36. The maximum atomic E-state index is 13.8. The molecule has 0 saturated carbocycles. The molecule has 0 atom stereocenters. The molecule has 3 heterocycles. The Labute approximate surface area is 185 Å². The van der Waals surface area contributed by atoms with Crippen molar-refractivity contribution in [2.24, 2.45) is 0 Å². The number of aromatic hydroxyl groups is 1. The molecule has 1 fully saturated rings. The largest absolute Gasteiger partial charge is 0.505 e. The third-order valence-electron chi connectivity index (χ3n) is 5.59. The Bertz CT molecular complexity index is 1220. The second-order valence-electron chi connectivity index (χ2n) is 7.83. The van der Waals surface area contributed by atoms with Crippen LogP contribution in [0.25, 0.3) is 16.9 Å². The zero-order chi connectivity index (χ0) is 21.9. The Kier molecular flexibility index (Phi) is 5.60. The molecule has 0 amide bonds. The first kappa shape index (κ1) is 20.3. The van der Waals surface area contributed by atoms with Gasteiger partial charge in [0, 0.05) is 17.8 Å². The quantitative estimate of drug-likeness (QED) is 0.448. The lowest BCUT2D eigenvalue weighted by atomic mass is 10.1. The smallest absolute Gasteiger partial charge is 0.247 e. The highest BCUT2D eigenvalue weighted by molar-refractivity contribution is 5.65. The normalized spacial score (nSPS) is 14.2. The van der Waals surface area contributed by atoms with Gasteiger partial charge < -0.3 is 15.2 Å². The maximum absolute atomic E-state index is 13.8. The molecule has 164 valence electrons. The number of nitrogens with one attached hydrogen (secondary N) is 1. The van der Waals surface area contributed by atoms with Gasteiger partial charge in [0.25, 0.3) is 0 Å². The van der Waals surface area contributed by atoms with E-state index >= 15 is 0 Å². The summed E-state index contributed by atoms with van der Waals surface area (Å²) in [7, 11) is 0. The van der Waals surface area contributed by atoms with Crippen LogP contribution < -0.4 is 10.1 Å². The fourth-order valence-electron chi connectivity index (χ4n) is 3.91. The van der Waals surface area contributed by atoms with Gasteiger partial charge in [-0.05, 0) is 80.5 Å². The molecule has 1 aliphatic rings. The fraction of sp³-hybridized carbons (Fsp3) is 0.250. The number of aromatic nitrogens is 3. The summed E-state index contributed by atoms with van der Waals surface area (Å²) in [5, 5.41) is 17.2. The molecule has 0 spiro atoms. The Morgan fingerprint density at radius 1 is 1.03 bits per heavy atom. The number of rotatable bonds is 7. The van der Waals surface area contributed by atoms with E-state index in [0.29, 0.717) is 29.5 Å². The van der Waals surface area contributed by atoms with Gasteiger partial charge in [-0.15, -0.1) is 5.10 Å². The van der Waals surface area contributed by atoms with Crippen LogP contribution in [0.1, 0.15) is 12.8 Å². The molecule has 2 aromatic carbocycles. The van der Waals surface area contributed by atoms with Gasteiger partial charge in [0.15, 0.2) is 17.2 Å². The zero-order valence-electron chi connectivity index (χ0n) is 17.5. The van der Waals surface area contributed by atoms with Gasteiger partial charge in [0.05, 0.1) is 5.69 Å². The van der Waals surface area contributed by atoms with E-state index in [1.807, 2.05) is 42.5 Å². The van der Waals surface area contributed by atoms with E-state index in [-0.39, 0.29) is 5.75 Å². The monoisotopic (exact) mass is 433 g/mol. The van der Waals surface area contributed by atoms with Gasteiger partial charge >= 0.3 is 0 Å². The summed E-state index contributed by atoms with van der Waals surface area (Å²) >= 11 is 0. The summed E-state index contributed by atoms with van der Waals surface area (Å²) in [6.45, 7) is 3.98. The van der Waals surface area contributed by atoms with Crippen molar-refractivity contribution in [1.82, 2.24) is 19.5 Å². The minimum absolute atomic E-state index is 0.384. The molecular weight excluding hydrogens is 409 g/mol. The summed E-state index contributed by atoms with van der Waals surface area (Å²) in [4.78, 5) is 6.93. The highest BCUT2D eigenvalue weighted by Crippen LogP contribution is 2.26. The van der Waals surface area contributed by atoms with Gasteiger partial charge in [-0.1, -0.05) is 6.07 Å². The Balaban J connectivity index is 1.28. The molecule has 8 heteroatoms. The lowest BCUT2D eigenvalue weighted by Gasteiger charge is -2.15. The molecule has 2 aromatic heterocycles. The number of anilines is 2. The molecule has 1 aliphatic heterocycles. The maximum Gasteiger partial charge on any atom is 0.247 e. The topological polar surface area (TPSA) is 74.9 Å². The lowest BCUT2D eigenvalue weighted by Crippen LogP contribution is -2.25. The summed E-state index contributed by atoms with van der Waals surface area (Å²) in [6.07, 6.45) is 2.57. The molecule has 4 aromatic rings. The van der Waals surface area contributed by atoms with E-state index in [9.17, 15) is 9.50 Å². The SMILES string of the molecule is Oc1ccc(-c2cccc3nc(Nc4ccc(OCCN5CCCC5)cc4)nn23)cc1F. The van der Waals surface area contributed by atoms with Crippen LogP contribution in [0, 0.1) is 5.82 Å². The van der Waals surface area contributed by atoms with E-state index in [1.165, 1.54) is 38.1 Å². The van der Waals surface area contributed by atoms with E-state index in [4.69, 9.17) is 4.74 Å². The van der Waals surface area contributed by atoms with E-state index in [0.717, 1.165) is 18.0 Å². The van der Waals surface area contributed by atoms with Crippen LogP contribution in [0.4, 0.5) is 16.0 Å². The van der Waals surface area contributed by atoms with Crippen molar-refractivity contribution in [2.45, 2.75) is 12.8 Å². The average Bonchev–Trinajstić information content (AvgIpc) is 3.46. The van der Waals surface area contributed by atoms with Crippen molar-refractivity contribution in [3.8, 4) is 22.8 Å². The molecule has 7 nitrogen and oxygen atoms in total. The summed E-state index contributed by atoms with van der Waals surface area (Å²) in [5.41, 5.74) is 2.73. The Morgan fingerprint density at radius 2 is 1.84 bits per heavy atom. The van der Waals surface area contributed by atoms with Crippen LogP contribution in [0.5, 0.6) is 11.5 Å². The molecule has 32 heavy (non-hydrogen) atoms. The number of phenolic OH excluding ortho intramolecular Hbond substituents is 1. The summed E-state index contributed by atoms with van der Waals surface area (Å²) in [6, 6.07) is 17.4. The van der Waals surface area contributed by atoms with Crippen molar-refractivity contribution < 1.29 is 14.2 Å². The Morgan fingerprint density at radius 3 is 2.62 bits per heavy atom. The first-order valence-corrected chi connectivity index (χ1v) is 10.7.